The number of ether oxygens (including phenoxy) is 3. The number of nitrogens with zero attached hydrogens (tertiary/aromatic N) is 1. The molecule has 1 aliphatic heterocycles. The van der Waals surface area contributed by atoms with Crippen molar-refractivity contribution in [1.82, 2.24) is 0 Å². The number of carbonyl (C=O) groups excluding carboxylic acids is 1. The van der Waals surface area contributed by atoms with Crippen molar-refractivity contribution in [3.63, 3.8) is 0 Å². The number of thiol groups is 1. The van der Waals surface area contributed by atoms with Crippen LogP contribution in [0.1, 0.15) is 11.1 Å². The van der Waals surface area contributed by atoms with Crippen LogP contribution in [0.15, 0.2) is 46.3 Å². The highest BCUT2D eigenvalue weighted by Gasteiger charge is 2.21. The topological polar surface area (TPSA) is 69.1 Å². The molecule has 0 fully saturated rings. The molecule has 1 N–H and O–H groups in total. The lowest BCUT2D eigenvalue weighted by atomic mass is 10.00. The minimum Gasteiger partial charge on any atom is -0.490 e. The normalized spacial score (nSPS) is 13.4. The molecule has 2 aromatic carbocycles. The predicted molar refractivity (Wildman–Crippen MR) is 112 cm³/mol. The van der Waals surface area contributed by atoms with Crippen molar-refractivity contribution in [2.75, 3.05) is 45.4 Å². The van der Waals surface area contributed by atoms with Crippen molar-refractivity contribution in [2.24, 2.45) is 4.99 Å². The van der Waals surface area contributed by atoms with Crippen molar-refractivity contribution >= 4 is 41.5 Å². The van der Waals surface area contributed by atoms with Gasteiger partial charge >= 0.3 is 0 Å². The van der Waals surface area contributed by atoms with Gasteiger partial charge in [-0.3, -0.25) is 9.79 Å². The SMILES string of the molecule is COCCOCCOc1cc2c(cc1S)C(c1ccccc1Cl)=NCC(=O)N2. The van der Waals surface area contributed by atoms with Gasteiger partial charge in [-0.25, -0.2) is 0 Å². The van der Waals surface area contributed by atoms with Gasteiger partial charge in [-0.15, -0.1) is 12.6 Å². The number of carbonyl (C=O) groups is 1. The molecule has 28 heavy (non-hydrogen) atoms. The fourth-order valence-electron chi connectivity index (χ4n) is 2.75. The van der Waals surface area contributed by atoms with E-state index < -0.39 is 0 Å². The fourth-order valence-corrected chi connectivity index (χ4v) is 3.23. The molecule has 0 bridgehead atoms. The number of fused-ring (bicyclic) bond motifs is 1. The molecule has 148 valence electrons. The van der Waals surface area contributed by atoms with Gasteiger partial charge in [0.1, 0.15) is 18.9 Å². The van der Waals surface area contributed by atoms with E-state index in [4.69, 9.17) is 25.8 Å². The Kier molecular flexibility index (Phi) is 7.33. The van der Waals surface area contributed by atoms with Crippen LogP contribution in [0.5, 0.6) is 5.75 Å². The van der Waals surface area contributed by atoms with E-state index in [0.29, 0.717) is 53.5 Å². The van der Waals surface area contributed by atoms with Crippen LogP contribution in [-0.2, 0) is 14.3 Å². The number of aliphatic imine (C=N–C) groups is 1. The molecule has 1 aliphatic rings. The molecule has 0 spiro atoms. The van der Waals surface area contributed by atoms with Crippen molar-refractivity contribution < 1.29 is 19.0 Å². The Balaban J connectivity index is 1.84. The molecular weight excluding hydrogens is 400 g/mol. The van der Waals surface area contributed by atoms with Gasteiger partial charge < -0.3 is 19.5 Å². The lowest BCUT2D eigenvalue weighted by molar-refractivity contribution is -0.114. The summed E-state index contributed by atoms with van der Waals surface area (Å²) in [4.78, 5) is 17.2. The number of amides is 1. The van der Waals surface area contributed by atoms with E-state index in [2.05, 4.69) is 22.9 Å². The summed E-state index contributed by atoms with van der Waals surface area (Å²) in [6.45, 7) is 1.83. The molecule has 0 radical (unpaired) electrons. The van der Waals surface area contributed by atoms with E-state index in [9.17, 15) is 4.79 Å². The van der Waals surface area contributed by atoms with E-state index >= 15 is 0 Å². The van der Waals surface area contributed by atoms with Gasteiger partial charge in [0.15, 0.2) is 0 Å². The number of benzene rings is 2. The van der Waals surface area contributed by atoms with E-state index in [1.54, 1.807) is 19.2 Å². The maximum atomic E-state index is 12.1. The molecule has 0 saturated carbocycles. The third-order valence-corrected chi connectivity index (χ3v) is 4.73. The number of hydrogen-bond acceptors (Lipinski definition) is 6. The predicted octanol–water partition coefficient (Wildman–Crippen LogP) is 3.46. The van der Waals surface area contributed by atoms with Crippen LogP contribution in [0.4, 0.5) is 5.69 Å². The van der Waals surface area contributed by atoms with Gasteiger partial charge in [0.25, 0.3) is 0 Å². The number of halogens is 1. The number of hydrogen-bond donors (Lipinski definition) is 2. The van der Waals surface area contributed by atoms with Crippen LogP contribution in [0, 0.1) is 0 Å². The van der Waals surface area contributed by atoms with Crippen LogP contribution in [0.2, 0.25) is 5.02 Å². The van der Waals surface area contributed by atoms with Crippen LogP contribution in [-0.4, -0.2) is 51.7 Å². The molecule has 0 atom stereocenters. The van der Waals surface area contributed by atoms with E-state index in [1.165, 1.54) is 0 Å². The smallest absolute Gasteiger partial charge is 0.246 e. The zero-order valence-electron chi connectivity index (χ0n) is 15.4. The third kappa shape index (κ3) is 5.05. The van der Waals surface area contributed by atoms with Crippen LogP contribution >= 0.6 is 24.2 Å². The first-order chi connectivity index (χ1) is 13.6. The highest BCUT2D eigenvalue weighted by Crippen LogP contribution is 2.34. The summed E-state index contributed by atoms with van der Waals surface area (Å²) in [6, 6.07) is 11.0. The zero-order valence-corrected chi connectivity index (χ0v) is 17.1. The molecule has 2 aromatic rings. The molecule has 3 rings (SSSR count). The zero-order chi connectivity index (χ0) is 19.9. The third-order valence-electron chi connectivity index (χ3n) is 4.06. The van der Waals surface area contributed by atoms with Gasteiger partial charge in [-0.1, -0.05) is 29.8 Å². The number of nitrogens with one attached hydrogen (secondary N) is 1. The van der Waals surface area contributed by atoms with Gasteiger partial charge in [0, 0.05) is 34.2 Å². The second kappa shape index (κ2) is 9.93. The first-order valence-electron chi connectivity index (χ1n) is 8.76. The molecule has 0 aliphatic carbocycles. The van der Waals surface area contributed by atoms with Gasteiger partial charge in [0.05, 0.1) is 31.2 Å². The first-order valence-corrected chi connectivity index (χ1v) is 9.58. The van der Waals surface area contributed by atoms with Crippen LogP contribution < -0.4 is 10.1 Å². The summed E-state index contributed by atoms with van der Waals surface area (Å²) in [7, 11) is 1.62. The highest BCUT2D eigenvalue weighted by atomic mass is 35.5. The summed E-state index contributed by atoms with van der Waals surface area (Å²) in [6.07, 6.45) is 0. The molecule has 6 nitrogen and oxygen atoms in total. The molecule has 8 heteroatoms. The number of rotatable bonds is 8. The van der Waals surface area contributed by atoms with Crippen molar-refractivity contribution in [3.8, 4) is 5.75 Å². The summed E-state index contributed by atoms with van der Waals surface area (Å²) >= 11 is 10.9. The monoisotopic (exact) mass is 420 g/mol. The Morgan fingerprint density at radius 3 is 2.71 bits per heavy atom. The molecule has 1 heterocycles. The second-order valence-electron chi connectivity index (χ2n) is 6.01. The number of methoxy groups -OCH3 is 1. The highest BCUT2D eigenvalue weighted by molar-refractivity contribution is 7.80. The summed E-state index contributed by atoms with van der Waals surface area (Å²) in [5.41, 5.74) is 2.75. The summed E-state index contributed by atoms with van der Waals surface area (Å²) in [5.74, 6) is 0.349. The number of anilines is 1. The molecule has 1 amide bonds. The fraction of sp³-hybridized carbons (Fsp3) is 0.300. The van der Waals surface area contributed by atoms with E-state index in [-0.39, 0.29) is 12.5 Å². The quantitative estimate of drug-likeness (QED) is 0.507. The summed E-state index contributed by atoms with van der Waals surface area (Å²) < 4.78 is 16.1. The maximum Gasteiger partial charge on any atom is 0.246 e. The maximum absolute atomic E-state index is 12.1. The van der Waals surface area contributed by atoms with E-state index in [1.807, 2.05) is 24.3 Å². The van der Waals surface area contributed by atoms with Crippen molar-refractivity contribution in [3.05, 3.63) is 52.5 Å². The van der Waals surface area contributed by atoms with Crippen molar-refractivity contribution in [2.45, 2.75) is 4.90 Å². The van der Waals surface area contributed by atoms with Crippen molar-refractivity contribution in [1.29, 1.82) is 0 Å². The Morgan fingerprint density at radius 1 is 1.14 bits per heavy atom. The first kappa shape index (κ1) is 20.7. The molecule has 0 unspecified atom stereocenters. The Hall–Kier alpha value is -2.06. The largest absolute Gasteiger partial charge is 0.490 e. The average molecular weight is 421 g/mol. The van der Waals surface area contributed by atoms with Gasteiger partial charge in [-0.05, 0) is 12.1 Å². The minimum absolute atomic E-state index is 0.0146. The van der Waals surface area contributed by atoms with Crippen LogP contribution in [0.25, 0.3) is 0 Å². The Labute approximate surface area is 174 Å². The molecule has 0 saturated heterocycles. The average Bonchev–Trinajstić information content (AvgIpc) is 2.83. The standard InChI is InChI=1S/C20H21ClN2O4S/c1-25-6-7-26-8-9-27-17-11-16-14(10-18(17)28)20(22-12-19(24)23-16)13-4-2-3-5-15(13)21/h2-5,10-11,28H,6-9,12H2,1H3,(H,23,24). The lowest BCUT2D eigenvalue weighted by Crippen LogP contribution is -2.14. The van der Waals surface area contributed by atoms with Crippen LogP contribution in [0.3, 0.4) is 0 Å². The van der Waals surface area contributed by atoms with Gasteiger partial charge in [0.2, 0.25) is 5.91 Å². The minimum atomic E-state index is -0.205. The van der Waals surface area contributed by atoms with Gasteiger partial charge in [-0.2, -0.15) is 0 Å². The summed E-state index contributed by atoms with van der Waals surface area (Å²) in [5, 5.41) is 3.43. The lowest BCUT2D eigenvalue weighted by Gasteiger charge is -2.15. The second-order valence-corrected chi connectivity index (χ2v) is 6.90. The number of benzodiazepines with no additional fused rings is 1. The molecular formula is C20H21ClN2O4S. The molecule has 0 aromatic heterocycles. The van der Waals surface area contributed by atoms with E-state index in [0.717, 1.165) is 11.1 Å². The Morgan fingerprint density at radius 2 is 1.93 bits per heavy atom. The Bertz CT molecular complexity index is 889.